The molecule has 2 heteroatoms. The van der Waals surface area contributed by atoms with Gasteiger partial charge in [-0.25, -0.2) is 9.97 Å². The summed E-state index contributed by atoms with van der Waals surface area (Å²) in [4.78, 5) is 9.04. The van der Waals surface area contributed by atoms with Crippen LogP contribution in [0.15, 0.2) is 36.7 Å². The molecule has 2 nitrogen and oxygen atoms in total. The second kappa shape index (κ2) is 9.12. The van der Waals surface area contributed by atoms with Gasteiger partial charge in [-0.1, -0.05) is 76.6 Å². The maximum Gasteiger partial charge on any atom is 0.159 e. The van der Waals surface area contributed by atoms with E-state index in [4.69, 9.17) is 0 Å². The summed E-state index contributed by atoms with van der Waals surface area (Å²) in [5, 5.41) is 0. The van der Waals surface area contributed by atoms with E-state index in [1.165, 1.54) is 56.1 Å². The second-order valence-corrected chi connectivity index (χ2v) is 7.70. The highest BCUT2D eigenvalue weighted by Crippen LogP contribution is 2.33. The Labute approximate surface area is 153 Å². The fourth-order valence-corrected chi connectivity index (χ4v) is 4.04. The summed E-state index contributed by atoms with van der Waals surface area (Å²) in [6.45, 7) is 4.52. The molecule has 0 saturated heterocycles. The Morgan fingerprint density at radius 2 is 1.44 bits per heavy atom. The Balaban J connectivity index is 1.52. The molecule has 134 valence electrons. The zero-order valence-corrected chi connectivity index (χ0v) is 15.9. The van der Waals surface area contributed by atoms with E-state index in [0.29, 0.717) is 0 Å². The summed E-state index contributed by atoms with van der Waals surface area (Å²) in [5.41, 5.74) is 3.79. The molecule has 2 aromatic rings. The largest absolute Gasteiger partial charge is 0.236 e. The third-order valence-electron chi connectivity index (χ3n) is 5.84. The minimum absolute atomic E-state index is 0.837. The van der Waals surface area contributed by atoms with Gasteiger partial charge in [-0.05, 0) is 42.2 Å². The van der Waals surface area contributed by atoms with Crippen LogP contribution in [0.4, 0.5) is 0 Å². The third kappa shape index (κ3) is 5.14. The van der Waals surface area contributed by atoms with E-state index in [-0.39, 0.29) is 0 Å². The number of hydrogen-bond acceptors (Lipinski definition) is 2. The molecule has 1 aliphatic rings. The lowest BCUT2D eigenvalue weighted by atomic mass is 9.78. The van der Waals surface area contributed by atoms with Crippen LogP contribution >= 0.6 is 0 Å². The molecule has 1 fully saturated rings. The van der Waals surface area contributed by atoms with Crippen LogP contribution in [-0.4, -0.2) is 9.97 Å². The number of aryl methyl sites for hydroxylation is 2. The summed E-state index contributed by atoms with van der Waals surface area (Å²) < 4.78 is 0. The molecule has 0 N–H and O–H groups in total. The van der Waals surface area contributed by atoms with E-state index in [2.05, 4.69) is 48.1 Å². The number of hydrogen-bond donors (Lipinski definition) is 0. The first-order chi connectivity index (χ1) is 12.3. The van der Waals surface area contributed by atoms with E-state index in [1.807, 2.05) is 12.4 Å². The molecular formula is C23H32N2. The van der Waals surface area contributed by atoms with Crippen LogP contribution in [0.2, 0.25) is 0 Å². The predicted molar refractivity (Wildman–Crippen MR) is 106 cm³/mol. The average Bonchev–Trinajstić information content (AvgIpc) is 2.68. The van der Waals surface area contributed by atoms with Crippen LogP contribution < -0.4 is 0 Å². The molecule has 0 aliphatic heterocycles. The molecule has 1 aromatic heterocycles. The molecule has 1 aliphatic carbocycles. The molecule has 0 amide bonds. The standard InChI is InChI=1S/C23H32N2/c1-3-5-21-16-24-23(25-17-21)22-14-12-20(13-15-22)11-10-19-8-6-18(4-2)7-9-19/h12-19H,3-11H2,1-2H3/t18-,19-. The van der Waals surface area contributed by atoms with E-state index in [1.54, 1.807) is 0 Å². The van der Waals surface area contributed by atoms with Crippen molar-refractivity contribution in [3.8, 4) is 11.4 Å². The van der Waals surface area contributed by atoms with E-state index in [0.717, 1.165) is 36.1 Å². The summed E-state index contributed by atoms with van der Waals surface area (Å²) in [7, 11) is 0. The maximum atomic E-state index is 4.52. The number of benzene rings is 1. The molecule has 1 aromatic carbocycles. The van der Waals surface area contributed by atoms with Gasteiger partial charge >= 0.3 is 0 Å². The van der Waals surface area contributed by atoms with Crippen molar-refractivity contribution in [2.75, 3.05) is 0 Å². The lowest BCUT2D eigenvalue weighted by Crippen LogP contribution is -2.14. The number of nitrogens with zero attached hydrogens (tertiary/aromatic N) is 2. The zero-order chi connectivity index (χ0) is 17.5. The van der Waals surface area contributed by atoms with Crippen molar-refractivity contribution in [3.63, 3.8) is 0 Å². The first-order valence-electron chi connectivity index (χ1n) is 10.2. The average molecular weight is 337 g/mol. The van der Waals surface area contributed by atoms with Crippen molar-refractivity contribution < 1.29 is 0 Å². The third-order valence-corrected chi connectivity index (χ3v) is 5.84. The van der Waals surface area contributed by atoms with Crippen LogP contribution in [0.3, 0.4) is 0 Å². The van der Waals surface area contributed by atoms with Gasteiger partial charge in [0.2, 0.25) is 0 Å². The summed E-state index contributed by atoms with van der Waals surface area (Å²) in [6.07, 6.45) is 15.8. The van der Waals surface area contributed by atoms with Gasteiger partial charge in [0.25, 0.3) is 0 Å². The first kappa shape index (κ1) is 18.1. The van der Waals surface area contributed by atoms with Gasteiger partial charge < -0.3 is 0 Å². The highest BCUT2D eigenvalue weighted by molar-refractivity contribution is 5.55. The van der Waals surface area contributed by atoms with Gasteiger partial charge in [-0.15, -0.1) is 0 Å². The minimum atomic E-state index is 0.837. The van der Waals surface area contributed by atoms with Gasteiger partial charge in [0.15, 0.2) is 5.82 Å². The van der Waals surface area contributed by atoms with E-state index < -0.39 is 0 Å². The van der Waals surface area contributed by atoms with Gasteiger partial charge in [-0.2, -0.15) is 0 Å². The van der Waals surface area contributed by atoms with Crippen molar-refractivity contribution in [2.24, 2.45) is 11.8 Å². The van der Waals surface area contributed by atoms with Gasteiger partial charge in [0, 0.05) is 18.0 Å². The smallest absolute Gasteiger partial charge is 0.159 e. The normalized spacial score (nSPS) is 20.6. The molecule has 0 unspecified atom stereocenters. The molecule has 0 atom stereocenters. The Morgan fingerprint density at radius 1 is 0.800 bits per heavy atom. The Kier molecular flexibility index (Phi) is 6.61. The van der Waals surface area contributed by atoms with Crippen molar-refractivity contribution in [1.29, 1.82) is 0 Å². The second-order valence-electron chi connectivity index (χ2n) is 7.70. The van der Waals surface area contributed by atoms with Crippen LogP contribution in [0.25, 0.3) is 11.4 Å². The van der Waals surface area contributed by atoms with Crippen LogP contribution in [0.5, 0.6) is 0 Å². The molecule has 1 saturated carbocycles. The summed E-state index contributed by atoms with van der Waals surface area (Å²) in [6, 6.07) is 8.88. The Hall–Kier alpha value is -1.70. The molecule has 0 spiro atoms. The molecule has 1 heterocycles. The monoisotopic (exact) mass is 336 g/mol. The van der Waals surface area contributed by atoms with Gasteiger partial charge in [0.1, 0.15) is 0 Å². The Morgan fingerprint density at radius 3 is 2.04 bits per heavy atom. The van der Waals surface area contributed by atoms with E-state index in [9.17, 15) is 0 Å². The highest BCUT2D eigenvalue weighted by atomic mass is 14.9. The molecule has 3 rings (SSSR count). The first-order valence-corrected chi connectivity index (χ1v) is 10.2. The molecule has 0 radical (unpaired) electrons. The topological polar surface area (TPSA) is 25.8 Å². The lowest BCUT2D eigenvalue weighted by Gasteiger charge is -2.27. The van der Waals surface area contributed by atoms with Crippen molar-refractivity contribution in [2.45, 2.75) is 71.6 Å². The number of rotatable bonds is 7. The molecule has 25 heavy (non-hydrogen) atoms. The van der Waals surface area contributed by atoms with Crippen LogP contribution in [0.1, 0.15) is 69.9 Å². The van der Waals surface area contributed by atoms with Crippen molar-refractivity contribution >= 4 is 0 Å². The Bertz CT molecular complexity index is 622. The lowest BCUT2D eigenvalue weighted by molar-refractivity contribution is 0.259. The maximum absolute atomic E-state index is 4.52. The quantitative estimate of drug-likeness (QED) is 0.597. The highest BCUT2D eigenvalue weighted by Gasteiger charge is 2.19. The summed E-state index contributed by atoms with van der Waals surface area (Å²) >= 11 is 0. The van der Waals surface area contributed by atoms with Crippen LogP contribution in [-0.2, 0) is 12.8 Å². The fraction of sp³-hybridized carbons (Fsp3) is 0.565. The summed E-state index contributed by atoms with van der Waals surface area (Å²) in [5.74, 6) is 2.78. The van der Waals surface area contributed by atoms with Crippen molar-refractivity contribution in [3.05, 3.63) is 47.8 Å². The van der Waals surface area contributed by atoms with Crippen molar-refractivity contribution in [1.82, 2.24) is 9.97 Å². The number of aromatic nitrogens is 2. The fourth-order valence-electron chi connectivity index (χ4n) is 4.04. The van der Waals surface area contributed by atoms with E-state index >= 15 is 0 Å². The van der Waals surface area contributed by atoms with Crippen LogP contribution in [0, 0.1) is 11.8 Å². The zero-order valence-electron chi connectivity index (χ0n) is 15.9. The van der Waals surface area contributed by atoms with Gasteiger partial charge in [0.05, 0.1) is 0 Å². The van der Waals surface area contributed by atoms with Gasteiger partial charge in [-0.3, -0.25) is 0 Å². The minimum Gasteiger partial charge on any atom is -0.236 e. The molecular weight excluding hydrogens is 304 g/mol. The predicted octanol–water partition coefficient (Wildman–Crippen LogP) is 6.25. The molecule has 0 bridgehead atoms. The SMILES string of the molecule is CCCc1cnc(-c2ccc(CC[C@H]3CC[C@H](CC)CC3)cc2)nc1.